The van der Waals surface area contributed by atoms with Gasteiger partial charge in [0.15, 0.2) is 0 Å². The van der Waals surface area contributed by atoms with E-state index in [1.165, 1.54) is 25.3 Å². The first kappa shape index (κ1) is 21.6. The van der Waals surface area contributed by atoms with Crippen LogP contribution in [0, 0.1) is 6.92 Å². The van der Waals surface area contributed by atoms with Crippen molar-refractivity contribution in [2.45, 2.75) is 50.0 Å². The lowest BCUT2D eigenvalue weighted by molar-refractivity contribution is 0.102. The number of rotatable bonds is 6. The van der Waals surface area contributed by atoms with E-state index in [0.29, 0.717) is 10.7 Å². The number of carbonyl (C=O) groups is 1. The molecule has 156 valence electrons. The van der Waals surface area contributed by atoms with Crippen LogP contribution in [0.2, 0.25) is 5.02 Å². The molecule has 1 saturated carbocycles. The van der Waals surface area contributed by atoms with Crippen LogP contribution in [0.4, 0.5) is 5.69 Å². The average Bonchev–Trinajstić information content (AvgIpc) is 2.70. The van der Waals surface area contributed by atoms with Crippen LogP contribution in [-0.4, -0.2) is 27.5 Å². The maximum absolute atomic E-state index is 13.0. The van der Waals surface area contributed by atoms with Gasteiger partial charge in [-0.3, -0.25) is 4.79 Å². The van der Waals surface area contributed by atoms with Crippen LogP contribution in [0.3, 0.4) is 0 Å². The number of nitrogens with one attached hydrogen (secondary N) is 2. The first-order valence-corrected chi connectivity index (χ1v) is 11.4. The van der Waals surface area contributed by atoms with Gasteiger partial charge in [-0.1, -0.05) is 36.9 Å². The quantitative estimate of drug-likeness (QED) is 0.697. The molecule has 1 aliphatic rings. The van der Waals surface area contributed by atoms with Crippen molar-refractivity contribution in [2.75, 3.05) is 12.4 Å². The average molecular weight is 437 g/mol. The zero-order valence-electron chi connectivity index (χ0n) is 16.5. The Morgan fingerprint density at radius 2 is 1.83 bits per heavy atom. The van der Waals surface area contributed by atoms with Crippen molar-refractivity contribution in [2.24, 2.45) is 0 Å². The van der Waals surface area contributed by atoms with Crippen molar-refractivity contribution < 1.29 is 17.9 Å². The third kappa shape index (κ3) is 5.29. The predicted molar refractivity (Wildman–Crippen MR) is 114 cm³/mol. The maximum Gasteiger partial charge on any atom is 0.255 e. The Bertz CT molecular complexity index is 1000. The summed E-state index contributed by atoms with van der Waals surface area (Å²) in [5, 5.41) is 3.28. The molecule has 0 saturated heterocycles. The molecule has 0 radical (unpaired) electrons. The van der Waals surface area contributed by atoms with Crippen LogP contribution in [0.5, 0.6) is 5.75 Å². The Morgan fingerprint density at radius 3 is 2.48 bits per heavy atom. The van der Waals surface area contributed by atoms with Gasteiger partial charge >= 0.3 is 0 Å². The van der Waals surface area contributed by atoms with E-state index in [-0.39, 0.29) is 22.3 Å². The minimum Gasteiger partial charge on any atom is -0.495 e. The van der Waals surface area contributed by atoms with Gasteiger partial charge in [0, 0.05) is 22.3 Å². The highest BCUT2D eigenvalue weighted by Crippen LogP contribution is 2.28. The van der Waals surface area contributed by atoms with Crippen molar-refractivity contribution in [1.82, 2.24) is 4.72 Å². The summed E-state index contributed by atoms with van der Waals surface area (Å²) in [7, 11) is -2.41. The Hall–Kier alpha value is -2.09. The van der Waals surface area contributed by atoms with Gasteiger partial charge in [-0.2, -0.15) is 0 Å². The summed E-state index contributed by atoms with van der Waals surface area (Å²) in [5.74, 6) is -0.232. The molecule has 29 heavy (non-hydrogen) atoms. The fourth-order valence-electron chi connectivity index (χ4n) is 3.41. The number of hydrogen-bond donors (Lipinski definition) is 2. The first-order chi connectivity index (χ1) is 13.8. The predicted octanol–water partition coefficient (Wildman–Crippen LogP) is 4.52. The number of ether oxygens (including phenoxy) is 1. The highest BCUT2D eigenvalue weighted by Gasteiger charge is 2.26. The number of benzene rings is 2. The molecule has 1 fully saturated rings. The van der Waals surface area contributed by atoms with Crippen molar-refractivity contribution in [3.8, 4) is 5.75 Å². The minimum atomic E-state index is -3.82. The Balaban J connectivity index is 1.85. The second-order valence-corrected chi connectivity index (χ2v) is 9.33. The van der Waals surface area contributed by atoms with E-state index >= 15 is 0 Å². The van der Waals surface area contributed by atoms with Crippen LogP contribution in [0.15, 0.2) is 41.3 Å². The molecule has 0 atom stereocenters. The molecule has 0 bridgehead atoms. The summed E-state index contributed by atoms with van der Waals surface area (Å²) >= 11 is 6.11. The monoisotopic (exact) mass is 436 g/mol. The molecule has 3 rings (SSSR count). The van der Waals surface area contributed by atoms with Crippen LogP contribution in [0.1, 0.15) is 48.0 Å². The summed E-state index contributed by atoms with van der Waals surface area (Å²) in [5.41, 5.74) is 1.65. The number of anilines is 1. The number of hydrogen-bond acceptors (Lipinski definition) is 4. The molecule has 0 aromatic heterocycles. The number of sulfonamides is 1. The largest absolute Gasteiger partial charge is 0.495 e. The van der Waals surface area contributed by atoms with E-state index in [2.05, 4.69) is 10.0 Å². The lowest BCUT2D eigenvalue weighted by atomic mass is 9.96. The van der Waals surface area contributed by atoms with Gasteiger partial charge < -0.3 is 10.1 Å². The summed E-state index contributed by atoms with van der Waals surface area (Å²) in [4.78, 5) is 12.6. The summed E-state index contributed by atoms with van der Waals surface area (Å²) in [6.07, 6.45) is 4.77. The second kappa shape index (κ2) is 9.15. The first-order valence-electron chi connectivity index (χ1n) is 9.58. The number of amides is 1. The van der Waals surface area contributed by atoms with E-state index in [1.807, 2.05) is 6.92 Å². The lowest BCUT2D eigenvalue weighted by Gasteiger charge is -2.23. The van der Waals surface area contributed by atoms with Gasteiger partial charge in [0.25, 0.3) is 5.91 Å². The molecular formula is C21H25ClN2O4S. The third-order valence-electron chi connectivity index (χ3n) is 5.07. The van der Waals surface area contributed by atoms with E-state index in [9.17, 15) is 13.2 Å². The van der Waals surface area contributed by atoms with Gasteiger partial charge in [0.05, 0.1) is 7.11 Å². The maximum atomic E-state index is 13.0. The van der Waals surface area contributed by atoms with E-state index in [1.54, 1.807) is 18.2 Å². The summed E-state index contributed by atoms with van der Waals surface area (Å²) in [6, 6.07) is 9.47. The second-order valence-electron chi connectivity index (χ2n) is 7.24. The van der Waals surface area contributed by atoms with Crippen LogP contribution < -0.4 is 14.8 Å². The lowest BCUT2D eigenvalue weighted by Crippen LogP contribution is -2.36. The van der Waals surface area contributed by atoms with Crippen molar-refractivity contribution in [3.63, 3.8) is 0 Å². The molecule has 0 unspecified atom stereocenters. The topological polar surface area (TPSA) is 84.5 Å². The molecule has 6 nitrogen and oxygen atoms in total. The molecule has 0 spiro atoms. The third-order valence-corrected chi connectivity index (χ3v) is 7.02. The standard InChI is InChI=1S/C21H25ClN2O4S/c1-14-8-10-17(13-18(14)22)23-21(25)15-9-11-19(28-2)20(12-15)29(26,27)24-16-6-4-3-5-7-16/h8-13,16,24H,3-7H2,1-2H3,(H,23,25). The smallest absolute Gasteiger partial charge is 0.255 e. The van der Waals surface area contributed by atoms with Crippen LogP contribution >= 0.6 is 11.6 Å². The van der Waals surface area contributed by atoms with Gasteiger partial charge in [-0.15, -0.1) is 0 Å². The number of methoxy groups -OCH3 is 1. The number of carbonyl (C=O) groups excluding carboxylic acids is 1. The normalized spacial score (nSPS) is 15.1. The SMILES string of the molecule is COc1ccc(C(=O)Nc2ccc(C)c(Cl)c2)cc1S(=O)(=O)NC1CCCCC1. The molecule has 1 aliphatic carbocycles. The minimum absolute atomic E-state index is 0.0415. The molecule has 2 N–H and O–H groups in total. The molecule has 0 heterocycles. The van der Waals surface area contributed by atoms with Gasteiger partial charge in [0.1, 0.15) is 10.6 Å². The zero-order chi connectivity index (χ0) is 21.0. The molecule has 2 aromatic carbocycles. The van der Waals surface area contributed by atoms with Crippen molar-refractivity contribution in [3.05, 3.63) is 52.5 Å². The number of halogens is 1. The highest BCUT2D eigenvalue weighted by molar-refractivity contribution is 7.89. The fraction of sp³-hybridized carbons (Fsp3) is 0.381. The van der Waals surface area contributed by atoms with Crippen molar-refractivity contribution in [1.29, 1.82) is 0 Å². The van der Waals surface area contributed by atoms with Gasteiger partial charge in [-0.25, -0.2) is 13.1 Å². The number of aryl methyl sites for hydroxylation is 1. The molecular weight excluding hydrogens is 412 g/mol. The summed E-state index contributed by atoms with van der Waals surface area (Å²) < 4.78 is 33.9. The summed E-state index contributed by atoms with van der Waals surface area (Å²) in [6.45, 7) is 1.87. The molecule has 0 aliphatic heterocycles. The van der Waals surface area contributed by atoms with Gasteiger partial charge in [-0.05, 0) is 55.7 Å². The highest BCUT2D eigenvalue weighted by atomic mass is 35.5. The van der Waals surface area contributed by atoms with Crippen LogP contribution in [0.25, 0.3) is 0 Å². The van der Waals surface area contributed by atoms with Gasteiger partial charge in [0.2, 0.25) is 10.0 Å². The zero-order valence-corrected chi connectivity index (χ0v) is 18.1. The van der Waals surface area contributed by atoms with E-state index in [0.717, 1.165) is 37.7 Å². The molecule has 2 aromatic rings. The van der Waals surface area contributed by atoms with E-state index in [4.69, 9.17) is 16.3 Å². The van der Waals surface area contributed by atoms with Crippen LogP contribution in [-0.2, 0) is 10.0 Å². The van der Waals surface area contributed by atoms with Crippen molar-refractivity contribution >= 4 is 33.2 Å². The Morgan fingerprint density at radius 1 is 1.10 bits per heavy atom. The molecule has 1 amide bonds. The Kier molecular flexibility index (Phi) is 6.82. The Labute approximate surface area is 176 Å². The fourth-order valence-corrected chi connectivity index (χ4v) is 5.09. The molecule has 8 heteroatoms. The van der Waals surface area contributed by atoms with E-state index < -0.39 is 15.9 Å².